The molecule has 0 bridgehead atoms. The molecule has 2 N–H and O–H groups in total. The van der Waals surface area contributed by atoms with Crippen LogP contribution in [0.4, 0.5) is 0 Å². The maximum absolute atomic E-state index is 5.35. The lowest BCUT2D eigenvalue weighted by atomic mass is 10.3. The molecule has 0 aromatic carbocycles. The molecule has 1 aromatic heterocycles. The van der Waals surface area contributed by atoms with Crippen molar-refractivity contribution in [1.82, 2.24) is 9.97 Å². The smallest absolute Gasteiger partial charge is 0.157 e. The number of nitrogens with zero attached hydrogens (tertiary/aromatic N) is 2. The third kappa shape index (κ3) is 2.95. The van der Waals surface area contributed by atoms with Crippen LogP contribution in [0, 0.1) is 6.92 Å². The number of rotatable bonds is 4. The highest BCUT2D eigenvalue weighted by molar-refractivity contribution is 7.97. The molecule has 0 saturated heterocycles. The van der Waals surface area contributed by atoms with Gasteiger partial charge >= 0.3 is 0 Å². The highest BCUT2D eigenvalue weighted by Gasteiger charge is 2.12. The fourth-order valence-electron chi connectivity index (χ4n) is 0.904. The second-order valence-corrected chi connectivity index (χ2v) is 3.34. The van der Waals surface area contributed by atoms with Crippen molar-refractivity contribution >= 4 is 11.9 Å². The van der Waals surface area contributed by atoms with Crippen LogP contribution in [0.3, 0.4) is 0 Å². The second kappa shape index (κ2) is 5.16. The van der Waals surface area contributed by atoms with Crippen LogP contribution in [0.1, 0.15) is 17.5 Å². The first-order valence-corrected chi connectivity index (χ1v) is 4.95. The molecule has 0 aliphatic carbocycles. The quantitative estimate of drug-likeness (QED) is 0.735. The van der Waals surface area contributed by atoms with Gasteiger partial charge in [-0.05, 0) is 12.5 Å². The highest BCUT2D eigenvalue weighted by Crippen LogP contribution is 2.14. The summed E-state index contributed by atoms with van der Waals surface area (Å²) in [5, 5.41) is 5.35. The van der Waals surface area contributed by atoms with Gasteiger partial charge in [-0.2, -0.15) is 0 Å². The van der Waals surface area contributed by atoms with Gasteiger partial charge in [0.1, 0.15) is 6.10 Å². The predicted molar refractivity (Wildman–Crippen MR) is 53.2 cm³/mol. The summed E-state index contributed by atoms with van der Waals surface area (Å²) >= 11 is 1.23. The summed E-state index contributed by atoms with van der Waals surface area (Å²) in [6.45, 7) is 1.95. The van der Waals surface area contributed by atoms with E-state index in [0.29, 0.717) is 11.6 Å². The second-order valence-electron chi connectivity index (χ2n) is 2.68. The first-order valence-electron chi connectivity index (χ1n) is 3.91. The fourth-order valence-corrected chi connectivity index (χ4v) is 1.36. The molecule has 1 rings (SSSR count). The molecule has 1 aromatic rings. The monoisotopic (exact) mass is 199 g/mol. The van der Waals surface area contributed by atoms with Crippen molar-refractivity contribution in [2.24, 2.45) is 5.14 Å². The molecule has 5 heteroatoms. The summed E-state index contributed by atoms with van der Waals surface area (Å²) in [6, 6.07) is 0. The largest absolute Gasteiger partial charge is 0.373 e. The van der Waals surface area contributed by atoms with Gasteiger partial charge in [-0.25, -0.2) is 9.97 Å². The van der Waals surface area contributed by atoms with Crippen molar-refractivity contribution < 1.29 is 4.74 Å². The Morgan fingerprint density at radius 1 is 1.54 bits per heavy atom. The van der Waals surface area contributed by atoms with E-state index in [1.807, 2.05) is 6.92 Å². The van der Waals surface area contributed by atoms with Crippen LogP contribution in [0.2, 0.25) is 0 Å². The van der Waals surface area contributed by atoms with E-state index in [9.17, 15) is 0 Å². The lowest BCUT2D eigenvalue weighted by Gasteiger charge is -2.11. The minimum Gasteiger partial charge on any atom is -0.373 e. The van der Waals surface area contributed by atoms with Crippen molar-refractivity contribution in [2.75, 3.05) is 12.9 Å². The molecule has 1 atom stereocenters. The summed E-state index contributed by atoms with van der Waals surface area (Å²) < 4.78 is 5.19. The Kier molecular flexibility index (Phi) is 4.14. The Balaban J connectivity index is 2.73. The van der Waals surface area contributed by atoms with E-state index >= 15 is 0 Å². The maximum Gasteiger partial charge on any atom is 0.157 e. The summed E-state index contributed by atoms with van der Waals surface area (Å²) in [5.41, 5.74) is 1.04. The maximum atomic E-state index is 5.35. The van der Waals surface area contributed by atoms with Crippen molar-refractivity contribution in [3.05, 3.63) is 23.8 Å². The molecule has 4 nitrogen and oxygen atoms in total. The van der Waals surface area contributed by atoms with Crippen LogP contribution in [0.25, 0.3) is 0 Å². The third-order valence-corrected chi connectivity index (χ3v) is 2.12. The van der Waals surface area contributed by atoms with E-state index in [1.54, 1.807) is 19.5 Å². The zero-order valence-corrected chi connectivity index (χ0v) is 8.54. The van der Waals surface area contributed by atoms with Crippen LogP contribution < -0.4 is 5.14 Å². The van der Waals surface area contributed by atoms with Gasteiger partial charge in [0.2, 0.25) is 0 Å². The van der Waals surface area contributed by atoms with Crippen LogP contribution in [-0.4, -0.2) is 22.8 Å². The van der Waals surface area contributed by atoms with Gasteiger partial charge in [0, 0.05) is 25.3 Å². The normalized spacial score (nSPS) is 12.8. The minimum absolute atomic E-state index is 0.115. The molecule has 0 aliphatic heterocycles. The topological polar surface area (TPSA) is 61.0 Å². The Morgan fingerprint density at radius 3 is 2.62 bits per heavy atom. The number of ether oxygens (including phenoxy) is 1. The Bertz CT molecular complexity index is 252. The summed E-state index contributed by atoms with van der Waals surface area (Å²) in [4.78, 5) is 8.33. The lowest BCUT2D eigenvalue weighted by molar-refractivity contribution is 0.116. The van der Waals surface area contributed by atoms with Gasteiger partial charge in [0.05, 0.1) is 0 Å². The van der Waals surface area contributed by atoms with E-state index < -0.39 is 0 Å². The van der Waals surface area contributed by atoms with Gasteiger partial charge in [0.15, 0.2) is 5.82 Å². The number of nitrogens with two attached hydrogens (primary N) is 1. The third-order valence-electron chi connectivity index (χ3n) is 1.62. The van der Waals surface area contributed by atoms with Crippen LogP contribution >= 0.6 is 11.9 Å². The van der Waals surface area contributed by atoms with Crippen molar-refractivity contribution in [2.45, 2.75) is 13.0 Å². The SMILES string of the molecule is COC(CSN)c1ncc(C)cn1. The summed E-state index contributed by atoms with van der Waals surface area (Å²) in [7, 11) is 1.63. The molecule has 0 radical (unpaired) electrons. The highest BCUT2D eigenvalue weighted by atomic mass is 32.2. The van der Waals surface area contributed by atoms with Crippen molar-refractivity contribution in [3.63, 3.8) is 0 Å². The first-order chi connectivity index (χ1) is 6.27. The summed E-state index contributed by atoms with van der Waals surface area (Å²) in [6.07, 6.45) is 3.43. The average Bonchev–Trinajstić information content (AvgIpc) is 2.16. The fraction of sp³-hybridized carbons (Fsp3) is 0.500. The standard InChI is InChI=1S/C8H13N3OS/c1-6-3-10-8(11-4-6)7(12-2)5-13-9/h3-4,7H,5,9H2,1-2H3. The average molecular weight is 199 g/mol. The number of hydrogen-bond acceptors (Lipinski definition) is 5. The number of hydrogen-bond donors (Lipinski definition) is 1. The first kappa shape index (κ1) is 10.4. The van der Waals surface area contributed by atoms with E-state index in [0.717, 1.165) is 5.56 Å². The molecule has 0 saturated carbocycles. The Morgan fingerprint density at radius 2 is 2.15 bits per heavy atom. The minimum atomic E-state index is -0.115. The van der Waals surface area contributed by atoms with Gasteiger partial charge < -0.3 is 4.74 Å². The van der Waals surface area contributed by atoms with Crippen LogP contribution in [0.5, 0.6) is 0 Å². The van der Waals surface area contributed by atoms with Crippen LogP contribution in [-0.2, 0) is 4.74 Å². The predicted octanol–water partition coefficient (Wildman–Crippen LogP) is 1.08. The Labute approximate surface area is 82.0 Å². The van der Waals surface area contributed by atoms with E-state index in [4.69, 9.17) is 9.88 Å². The summed E-state index contributed by atoms with van der Waals surface area (Å²) in [5.74, 6) is 1.35. The molecule has 1 heterocycles. The molecule has 0 amide bonds. The van der Waals surface area contributed by atoms with Gasteiger partial charge in [-0.3, -0.25) is 5.14 Å². The zero-order valence-electron chi connectivity index (χ0n) is 7.73. The molecule has 13 heavy (non-hydrogen) atoms. The van der Waals surface area contributed by atoms with Crippen LogP contribution in [0.15, 0.2) is 12.4 Å². The van der Waals surface area contributed by atoms with Crippen molar-refractivity contribution in [3.8, 4) is 0 Å². The van der Waals surface area contributed by atoms with Gasteiger partial charge in [-0.15, -0.1) is 0 Å². The van der Waals surface area contributed by atoms with E-state index in [1.165, 1.54) is 11.9 Å². The van der Waals surface area contributed by atoms with Crippen molar-refractivity contribution in [1.29, 1.82) is 0 Å². The number of methoxy groups -OCH3 is 1. The Hall–Kier alpha value is -0.650. The molecule has 72 valence electrons. The number of aromatic nitrogens is 2. The van der Waals surface area contributed by atoms with Gasteiger partial charge in [0.25, 0.3) is 0 Å². The van der Waals surface area contributed by atoms with Gasteiger partial charge in [-0.1, -0.05) is 11.9 Å². The molecule has 0 fully saturated rings. The zero-order chi connectivity index (χ0) is 9.68. The molecular formula is C8H13N3OS. The van der Waals surface area contributed by atoms with E-state index in [2.05, 4.69) is 9.97 Å². The molecule has 0 spiro atoms. The molecule has 1 unspecified atom stereocenters. The number of aryl methyl sites for hydroxylation is 1. The molecule has 0 aliphatic rings. The lowest BCUT2D eigenvalue weighted by Crippen LogP contribution is -2.10. The molecular weight excluding hydrogens is 186 g/mol. The van der Waals surface area contributed by atoms with E-state index in [-0.39, 0.29) is 6.10 Å².